The molecule has 27 heavy (non-hydrogen) atoms. The largest absolute Gasteiger partial charge is 0.388 e. The van der Waals surface area contributed by atoms with Gasteiger partial charge in [0.2, 0.25) is 0 Å². The Kier molecular flexibility index (Phi) is 6.13. The van der Waals surface area contributed by atoms with E-state index in [4.69, 9.17) is 20.0 Å². The van der Waals surface area contributed by atoms with E-state index in [0.717, 1.165) is 37.7 Å². The number of rotatable bonds is 6. The highest BCUT2D eigenvalue weighted by Gasteiger charge is 2.18. The molecule has 0 radical (unpaired) electrons. The fourth-order valence-electron chi connectivity index (χ4n) is 3.65. The van der Waals surface area contributed by atoms with E-state index in [2.05, 4.69) is 19.1 Å². The lowest BCUT2D eigenvalue weighted by Crippen LogP contribution is -2.04. The summed E-state index contributed by atoms with van der Waals surface area (Å²) < 4.78 is 9.93. The third-order valence-corrected chi connectivity index (χ3v) is 5.03. The summed E-state index contributed by atoms with van der Waals surface area (Å²) in [6.45, 7) is 2.13. The molecule has 0 bridgehead atoms. The number of benzene rings is 2. The Bertz CT molecular complexity index is 901. The molecule has 0 aliphatic heterocycles. The molecule has 0 aromatic heterocycles. The van der Waals surface area contributed by atoms with Gasteiger partial charge in [-0.2, -0.15) is 0 Å². The molecule has 136 valence electrons. The van der Waals surface area contributed by atoms with Crippen LogP contribution in [0.15, 0.2) is 48.5 Å². The number of nitrogens with zero attached hydrogens (tertiary/aromatic N) is 2. The molecule has 0 saturated heterocycles. The third kappa shape index (κ3) is 4.49. The fourth-order valence-corrected chi connectivity index (χ4v) is 3.65. The minimum atomic E-state index is 0.487. The summed E-state index contributed by atoms with van der Waals surface area (Å²) in [4.78, 5) is 0. The van der Waals surface area contributed by atoms with Gasteiger partial charge in [0.1, 0.15) is 11.5 Å². The molecular formula is C23H22N2O2. The van der Waals surface area contributed by atoms with Gasteiger partial charge >= 0.3 is 0 Å². The molecule has 0 N–H and O–H groups in total. The van der Waals surface area contributed by atoms with Crippen LogP contribution in [0, 0.1) is 23.0 Å². The highest BCUT2D eigenvalue weighted by molar-refractivity contribution is 5.68. The molecule has 4 nitrogen and oxygen atoms in total. The van der Waals surface area contributed by atoms with Crippen molar-refractivity contribution >= 4 is 5.57 Å². The topological polar surface area (TPSA) is 66.0 Å². The van der Waals surface area contributed by atoms with Crippen LogP contribution in [0.25, 0.3) is 5.57 Å². The van der Waals surface area contributed by atoms with E-state index in [9.17, 15) is 0 Å². The standard InChI is InChI=1S/C23H22N2O2/c1-2-3-21-14-20(10-13-23(21)27-16-25)19-6-4-17(5-7-19)18-8-11-22(12-9-18)26-15-24/h6,8-14,17H,2-5,7H2,1H3. The molecule has 0 heterocycles. The average molecular weight is 358 g/mol. The summed E-state index contributed by atoms with van der Waals surface area (Å²) in [6.07, 6.45) is 10.8. The van der Waals surface area contributed by atoms with E-state index >= 15 is 0 Å². The highest BCUT2D eigenvalue weighted by Crippen LogP contribution is 2.37. The lowest BCUT2D eigenvalue weighted by Gasteiger charge is -2.23. The molecule has 0 fully saturated rings. The van der Waals surface area contributed by atoms with Crippen LogP contribution in [-0.4, -0.2) is 0 Å². The normalized spacial score (nSPS) is 16.0. The number of ether oxygens (including phenoxy) is 2. The van der Waals surface area contributed by atoms with Gasteiger partial charge in [-0.3, -0.25) is 0 Å². The number of aryl methyl sites for hydroxylation is 1. The SMILES string of the molecule is CCCc1cc(C2=CCC(c3ccc(OC#N)cc3)CC2)ccc1OC#N. The van der Waals surface area contributed by atoms with Crippen LogP contribution in [0.3, 0.4) is 0 Å². The third-order valence-electron chi connectivity index (χ3n) is 5.03. The van der Waals surface area contributed by atoms with Crippen LogP contribution in [0.2, 0.25) is 0 Å². The Morgan fingerprint density at radius 1 is 1.04 bits per heavy atom. The average Bonchev–Trinajstić information content (AvgIpc) is 2.71. The lowest BCUT2D eigenvalue weighted by atomic mass is 9.82. The molecule has 3 rings (SSSR count). The molecule has 4 heteroatoms. The number of nitriles is 2. The monoisotopic (exact) mass is 358 g/mol. The smallest absolute Gasteiger partial charge is 0.292 e. The highest BCUT2D eigenvalue weighted by atomic mass is 16.5. The van der Waals surface area contributed by atoms with Gasteiger partial charge in [0.15, 0.2) is 0 Å². The van der Waals surface area contributed by atoms with Gasteiger partial charge in [-0.25, -0.2) is 0 Å². The van der Waals surface area contributed by atoms with Gasteiger partial charge in [-0.15, -0.1) is 10.5 Å². The van der Waals surface area contributed by atoms with Crippen molar-refractivity contribution < 1.29 is 9.47 Å². The Labute approximate surface area is 160 Å². The Morgan fingerprint density at radius 3 is 2.44 bits per heavy atom. The van der Waals surface area contributed by atoms with Gasteiger partial charge in [0, 0.05) is 0 Å². The van der Waals surface area contributed by atoms with E-state index in [-0.39, 0.29) is 0 Å². The van der Waals surface area contributed by atoms with E-state index in [0.29, 0.717) is 17.4 Å². The van der Waals surface area contributed by atoms with Gasteiger partial charge in [-0.05, 0) is 78.1 Å². The number of hydrogen-bond donors (Lipinski definition) is 0. The molecule has 0 amide bonds. The van der Waals surface area contributed by atoms with E-state index in [1.165, 1.54) is 16.7 Å². The van der Waals surface area contributed by atoms with E-state index in [1.54, 1.807) is 12.5 Å². The first-order chi connectivity index (χ1) is 13.2. The van der Waals surface area contributed by atoms with Crippen molar-refractivity contribution in [3.8, 4) is 24.0 Å². The van der Waals surface area contributed by atoms with Crippen molar-refractivity contribution in [1.29, 1.82) is 10.5 Å². The summed E-state index contributed by atoms with van der Waals surface area (Å²) >= 11 is 0. The van der Waals surface area contributed by atoms with E-state index < -0.39 is 0 Å². The summed E-state index contributed by atoms with van der Waals surface area (Å²) in [5, 5.41) is 17.4. The minimum absolute atomic E-state index is 0.487. The predicted octanol–water partition coefficient (Wildman–Crippen LogP) is 5.71. The van der Waals surface area contributed by atoms with Crippen LogP contribution < -0.4 is 9.47 Å². The van der Waals surface area contributed by atoms with Crippen molar-refractivity contribution in [3.05, 3.63) is 65.2 Å². The van der Waals surface area contributed by atoms with Gasteiger partial charge < -0.3 is 9.47 Å². The van der Waals surface area contributed by atoms with Gasteiger partial charge in [0.25, 0.3) is 12.5 Å². The first-order valence-corrected chi connectivity index (χ1v) is 9.29. The molecule has 0 spiro atoms. The zero-order chi connectivity index (χ0) is 19.1. The Balaban J connectivity index is 1.74. The Morgan fingerprint density at radius 2 is 1.81 bits per heavy atom. The second kappa shape index (κ2) is 8.92. The molecule has 1 aliphatic carbocycles. The van der Waals surface area contributed by atoms with Crippen LogP contribution in [0.5, 0.6) is 11.5 Å². The second-order valence-electron chi connectivity index (χ2n) is 6.73. The van der Waals surface area contributed by atoms with Crippen molar-refractivity contribution in [2.24, 2.45) is 0 Å². The first-order valence-electron chi connectivity index (χ1n) is 9.29. The quantitative estimate of drug-likeness (QED) is 0.620. The lowest BCUT2D eigenvalue weighted by molar-refractivity contribution is 0.499. The minimum Gasteiger partial charge on any atom is -0.388 e. The summed E-state index contributed by atoms with van der Waals surface area (Å²) in [5.41, 5.74) is 4.95. The van der Waals surface area contributed by atoms with Crippen molar-refractivity contribution in [2.45, 2.75) is 44.9 Å². The zero-order valence-electron chi connectivity index (χ0n) is 15.4. The molecule has 1 unspecified atom stereocenters. The maximum absolute atomic E-state index is 8.81. The number of allylic oxidation sites excluding steroid dienone is 2. The predicted molar refractivity (Wildman–Crippen MR) is 104 cm³/mol. The van der Waals surface area contributed by atoms with Crippen LogP contribution in [0.4, 0.5) is 0 Å². The van der Waals surface area contributed by atoms with Crippen molar-refractivity contribution in [2.75, 3.05) is 0 Å². The summed E-state index contributed by atoms with van der Waals surface area (Å²) in [6, 6.07) is 13.9. The van der Waals surface area contributed by atoms with Gasteiger partial charge in [0.05, 0.1) is 0 Å². The van der Waals surface area contributed by atoms with Crippen LogP contribution >= 0.6 is 0 Å². The maximum atomic E-state index is 8.81. The van der Waals surface area contributed by atoms with Crippen LogP contribution in [0.1, 0.15) is 55.2 Å². The fraction of sp³-hybridized carbons (Fsp3) is 0.304. The molecule has 0 saturated carbocycles. The second-order valence-corrected chi connectivity index (χ2v) is 6.73. The molecule has 1 atom stereocenters. The Hall–Kier alpha value is -3.24. The molecular weight excluding hydrogens is 336 g/mol. The molecule has 1 aliphatic rings. The first kappa shape index (κ1) is 18.5. The van der Waals surface area contributed by atoms with Crippen molar-refractivity contribution in [3.63, 3.8) is 0 Å². The van der Waals surface area contributed by atoms with Crippen molar-refractivity contribution in [1.82, 2.24) is 0 Å². The van der Waals surface area contributed by atoms with E-state index in [1.807, 2.05) is 36.4 Å². The molecule has 2 aromatic rings. The maximum Gasteiger partial charge on any atom is 0.292 e. The van der Waals surface area contributed by atoms with Crippen LogP contribution in [-0.2, 0) is 6.42 Å². The van der Waals surface area contributed by atoms with Gasteiger partial charge in [-0.1, -0.05) is 37.6 Å². The zero-order valence-corrected chi connectivity index (χ0v) is 15.4. The number of hydrogen-bond acceptors (Lipinski definition) is 4. The summed E-state index contributed by atoms with van der Waals surface area (Å²) in [5.74, 6) is 1.73. The molecule has 2 aromatic carbocycles. The summed E-state index contributed by atoms with van der Waals surface area (Å²) in [7, 11) is 0.